The molecule has 0 radical (unpaired) electrons. The van der Waals surface area contributed by atoms with Gasteiger partial charge in [-0.25, -0.2) is 4.79 Å². The van der Waals surface area contributed by atoms with E-state index in [1.807, 2.05) is 30.3 Å². The number of benzene rings is 2. The second-order valence-corrected chi connectivity index (χ2v) is 4.90. The second kappa shape index (κ2) is 5.07. The smallest absolute Gasteiger partial charge is 0.337 e. The highest BCUT2D eigenvalue weighted by Gasteiger charge is 2.25. The molecule has 0 heterocycles. The summed E-state index contributed by atoms with van der Waals surface area (Å²) in [5.74, 6) is -0.978. The largest absolute Gasteiger partial charge is 0.478 e. The molecule has 1 aliphatic carbocycles. The van der Waals surface area contributed by atoms with Crippen LogP contribution < -0.4 is 5.32 Å². The Morgan fingerprint density at radius 2 is 1.81 bits per heavy atom. The molecule has 0 saturated heterocycles. The van der Waals surface area contributed by atoms with Crippen LogP contribution >= 0.6 is 0 Å². The maximum Gasteiger partial charge on any atom is 0.337 e. The summed E-state index contributed by atoms with van der Waals surface area (Å²) in [5, 5.41) is 22.4. The van der Waals surface area contributed by atoms with Crippen molar-refractivity contribution in [1.29, 1.82) is 0 Å². The third-order valence-electron chi connectivity index (χ3n) is 3.73. The van der Waals surface area contributed by atoms with Crippen molar-refractivity contribution in [1.82, 2.24) is 0 Å². The molecule has 1 aliphatic rings. The number of rotatable bonds is 3. The van der Waals surface area contributed by atoms with E-state index in [4.69, 9.17) is 0 Å². The van der Waals surface area contributed by atoms with E-state index < -0.39 is 12.1 Å². The van der Waals surface area contributed by atoms with Gasteiger partial charge in [-0.15, -0.1) is 0 Å². The van der Waals surface area contributed by atoms with Crippen LogP contribution in [0, 0.1) is 0 Å². The minimum Gasteiger partial charge on any atom is -0.478 e. The van der Waals surface area contributed by atoms with E-state index in [0.717, 1.165) is 22.3 Å². The second-order valence-electron chi connectivity index (χ2n) is 4.90. The summed E-state index contributed by atoms with van der Waals surface area (Å²) in [4.78, 5) is 11.3. The molecule has 0 aliphatic heterocycles. The lowest BCUT2D eigenvalue weighted by Crippen LogP contribution is -2.05. The number of aromatic carboxylic acids is 1. The summed E-state index contributed by atoms with van der Waals surface area (Å²) in [6.45, 7) is 0. The number of carbonyl (C=O) groups is 1. The number of nitrogens with one attached hydrogen (secondary N) is 1. The van der Waals surface area contributed by atoms with E-state index in [2.05, 4.69) is 5.32 Å². The van der Waals surface area contributed by atoms with Gasteiger partial charge in [-0.3, -0.25) is 0 Å². The standard InChI is InChI=1S/C17H15NO3/c1-18-16-12(7-4-8-13(16)17(20)21)14-9-15(19)11-6-3-2-5-10(11)14/h2-9,15,18-19H,1H3,(H,20,21). The van der Waals surface area contributed by atoms with Crippen LogP contribution in [0.1, 0.15) is 33.2 Å². The molecule has 4 heteroatoms. The molecule has 0 aromatic heterocycles. The molecular formula is C17H15NO3. The van der Waals surface area contributed by atoms with Crippen LogP contribution in [0.2, 0.25) is 0 Å². The van der Waals surface area contributed by atoms with Crippen LogP contribution in [-0.2, 0) is 0 Å². The van der Waals surface area contributed by atoms with E-state index in [-0.39, 0.29) is 5.56 Å². The lowest BCUT2D eigenvalue weighted by Gasteiger charge is -2.14. The maximum atomic E-state index is 11.3. The van der Waals surface area contributed by atoms with Gasteiger partial charge < -0.3 is 15.5 Å². The van der Waals surface area contributed by atoms with Crippen LogP contribution in [-0.4, -0.2) is 23.2 Å². The van der Waals surface area contributed by atoms with Crippen molar-refractivity contribution < 1.29 is 15.0 Å². The number of hydrogen-bond donors (Lipinski definition) is 3. The number of carboxylic acid groups (broad SMARTS) is 1. The Balaban J connectivity index is 2.21. The molecule has 4 nitrogen and oxygen atoms in total. The Morgan fingerprint density at radius 1 is 1.10 bits per heavy atom. The van der Waals surface area contributed by atoms with E-state index >= 15 is 0 Å². The van der Waals surface area contributed by atoms with Gasteiger partial charge in [0.1, 0.15) is 0 Å². The SMILES string of the molecule is CNc1c(C(=O)O)cccc1C1=CC(O)c2ccccc21. The monoisotopic (exact) mass is 281 g/mol. The molecule has 21 heavy (non-hydrogen) atoms. The Kier molecular flexibility index (Phi) is 3.23. The van der Waals surface area contributed by atoms with Crippen molar-refractivity contribution >= 4 is 17.2 Å². The first-order valence-electron chi connectivity index (χ1n) is 6.67. The lowest BCUT2D eigenvalue weighted by molar-refractivity contribution is 0.0698. The van der Waals surface area contributed by atoms with Gasteiger partial charge in [-0.05, 0) is 28.8 Å². The molecule has 2 aromatic rings. The van der Waals surface area contributed by atoms with Gasteiger partial charge in [0, 0.05) is 12.6 Å². The molecule has 3 rings (SSSR count). The third kappa shape index (κ3) is 2.10. The number of aliphatic hydroxyl groups excluding tert-OH is 1. The Bertz CT molecular complexity index is 749. The molecule has 106 valence electrons. The van der Waals surface area contributed by atoms with Gasteiger partial charge in [-0.1, -0.05) is 36.4 Å². The van der Waals surface area contributed by atoms with Crippen LogP contribution in [0.5, 0.6) is 0 Å². The molecule has 0 saturated carbocycles. The molecule has 3 N–H and O–H groups in total. The van der Waals surface area contributed by atoms with Gasteiger partial charge in [0.2, 0.25) is 0 Å². The minimum atomic E-state index is -0.978. The molecule has 0 spiro atoms. The first-order chi connectivity index (χ1) is 10.1. The van der Waals surface area contributed by atoms with E-state index in [0.29, 0.717) is 5.69 Å². The van der Waals surface area contributed by atoms with Gasteiger partial charge >= 0.3 is 5.97 Å². The molecule has 2 aromatic carbocycles. The highest BCUT2D eigenvalue weighted by Crippen LogP contribution is 2.41. The number of para-hydroxylation sites is 1. The highest BCUT2D eigenvalue weighted by atomic mass is 16.4. The highest BCUT2D eigenvalue weighted by molar-refractivity contribution is 6.00. The van der Waals surface area contributed by atoms with Crippen molar-refractivity contribution in [2.45, 2.75) is 6.10 Å². The Labute approximate surface area is 122 Å². The summed E-state index contributed by atoms with van der Waals surface area (Å²) >= 11 is 0. The van der Waals surface area contributed by atoms with Crippen molar-refractivity contribution in [3.8, 4) is 0 Å². The van der Waals surface area contributed by atoms with E-state index in [1.54, 1.807) is 25.3 Å². The predicted molar refractivity (Wildman–Crippen MR) is 81.4 cm³/mol. The lowest BCUT2D eigenvalue weighted by atomic mass is 9.95. The molecule has 0 fully saturated rings. The van der Waals surface area contributed by atoms with Gasteiger partial charge in [0.25, 0.3) is 0 Å². The number of fused-ring (bicyclic) bond motifs is 1. The zero-order chi connectivity index (χ0) is 15.0. The predicted octanol–water partition coefficient (Wildman–Crippen LogP) is 2.91. The summed E-state index contributed by atoms with van der Waals surface area (Å²) < 4.78 is 0. The molecule has 0 bridgehead atoms. The molecule has 1 unspecified atom stereocenters. The quantitative estimate of drug-likeness (QED) is 0.809. The van der Waals surface area contributed by atoms with Crippen LogP contribution in [0.4, 0.5) is 5.69 Å². The Morgan fingerprint density at radius 3 is 2.52 bits per heavy atom. The first kappa shape index (κ1) is 13.4. The van der Waals surface area contributed by atoms with Crippen molar-refractivity contribution in [2.75, 3.05) is 12.4 Å². The fraction of sp³-hybridized carbons (Fsp3) is 0.118. The van der Waals surface area contributed by atoms with Crippen molar-refractivity contribution in [3.63, 3.8) is 0 Å². The zero-order valence-corrected chi connectivity index (χ0v) is 11.5. The number of anilines is 1. The third-order valence-corrected chi connectivity index (χ3v) is 3.73. The molecular weight excluding hydrogens is 266 g/mol. The first-order valence-corrected chi connectivity index (χ1v) is 6.67. The zero-order valence-electron chi connectivity index (χ0n) is 11.5. The number of hydrogen-bond acceptors (Lipinski definition) is 3. The average Bonchev–Trinajstić information content (AvgIpc) is 2.84. The van der Waals surface area contributed by atoms with E-state index in [9.17, 15) is 15.0 Å². The van der Waals surface area contributed by atoms with Gasteiger partial charge in [0.05, 0.1) is 17.4 Å². The number of aliphatic hydroxyl groups is 1. The molecule has 0 amide bonds. The van der Waals surface area contributed by atoms with Gasteiger partial charge in [-0.2, -0.15) is 0 Å². The maximum absolute atomic E-state index is 11.3. The minimum absolute atomic E-state index is 0.217. The van der Waals surface area contributed by atoms with Crippen LogP contribution in [0.3, 0.4) is 0 Å². The normalized spacial score (nSPS) is 16.3. The summed E-state index contributed by atoms with van der Waals surface area (Å²) in [5.41, 5.74) is 4.18. The van der Waals surface area contributed by atoms with Crippen LogP contribution in [0.25, 0.3) is 5.57 Å². The average molecular weight is 281 g/mol. The topological polar surface area (TPSA) is 69.6 Å². The fourth-order valence-corrected chi connectivity index (χ4v) is 2.80. The summed E-state index contributed by atoms with van der Waals surface area (Å²) in [6, 6.07) is 12.7. The molecule has 1 atom stereocenters. The van der Waals surface area contributed by atoms with Crippen molar-refractivity contribution in [3.05, 3.63) is 70.8 Å². The summed E-state index contributed by atoms with van der Waals surface area (Å²) in [6.07, 6.45) is 1.10. The van der Waals surface area contributed by atoms with Gasteiger partial charge in [0.15, 0.2) is 0 Å². The Hall–Kier alpha value is -2.59. The summed E-state index contributed by atoms with van der Waals surface area (Å²) in [7, 11) is 1.70. The van der Waals surface area contributed by atoms with Crippen molar-refractivity contribution in [2.24, 2.45) is 0 Å². The van der Waals surface area contributed by atoms with Crippen LogP contribution in [0.15, 0.2) is 48.5 Å². The fourth-order valence-electron chi connectivity index (χ4n) is 2.80. The number of carboxylic acids is 1. The van der Waals surface area contributed by atoms with E-state index in [1.165, 1.54) is 0 Å².